The summed E-state index contributed by atoms with van der Waals surface area (Å²) in [5.74, 6) is 0.544. The fraction of sp³-hybridized carbons (Fsp3) is 0.133. The number of nitro groups is 1. The van der Waals surface area contributed by atoms with Crippen molar-refractivity contribution < 1.29 is 9.66 Å². The number of nitro benzene ring substituents is 1. The average Bonchev–Trinajstić information content (AvgIpc) is 2.52. The van der Waals surface area contributed by atoms with Crippen LogP contribution in [0.5, 0.6) is 5.75 Å². The van der Waals surface area contributed by atoms with Crippen molar-refractivity contribution in [1.29, 1.82) is 5.26 Å². The Balaban J connectivity index is 2.22. The van der Waals surface area contributed by atoms with E-state index in [1.807, 2.05) is 6.07 Å². The summed E-state index contributed by atoms with van der Waals surface area (Å²) in [5, 5.41) is 22.6. The van der Waals surface area contributed by atoms with Crippen LogP contribution in [-0.4, -0.2) is 12.0 Å². The molecule has 2 rings (SSSR count). The number of anilines is 1. The predicted octanol–water partition coefficient (Wildman–Crippen LogP) is 3.09. The number of hydrogen-bond donors (Lipinski definition) is 1. The highest BCUT2D eigenvalue weighted by Gasteiger charge is 2.16. The van der Waals surface area contributed by atoms with E-state index in [1.54, 1.807) is 43.4 Å². The second-order valence-corrected chi connectivity index (χ2v) is 4.25. The van der Waals surface area contributed by atoms with Gasteiger partial charge in [-0.1, -0.05) is 18.2 Å². The van der Waals surface area contributed by atoms with Crippen molar-refractivity contribution in [1.82, 2.24) is 0 Å². The summed E-state index contributed by atoms with van der Waals surface area (Å²) in [6, 6.07) is 13.6. The monoisotopic (exact) mass is 283 g/mol. The van der Waals surface area contributed by atoms with Crippen LogP contribution in [-0.2, 0) is 6.61 Å². The van der Waals surface area contributed by atoms with Gasteiger partial charge >= 0.3 is 0 Å². The summed E-state index contributed by atoms with van der Waals surface area (Å²) in [7, 11) is 1.63. The van der Waals surface area contributed by atoms with Gasteiger partial charge in [-0.05, 0) is 18.2 Å². The molecular formula is C15H13N3O3. The molecule has 0 aliphatic heterocycles. The van der Waals surface area contributed by atoms with Crippen LogP contribution < -0.4 is 10.1 Å². The highest BCUT2D eigenvalue weighted by Crippen LogP contribution is 2.28. The quantitative estimate of drug-likeness (QED) is 0.673. The van der Waals surface area contributed by atoms with Gasteiger partial charge in [0.25, 0.3) is 5.69 Å². The number of nitrogens with one attached hydrogen (secondary N) is 1. The van der Waals surface area contributed by atoms with E-state index < -0.39 is 4.92 Å². The molecule has 0 spiro atoms. The molecule has 0 fully saturated rings. The van der Waals surface area contributed by atoms with Gasteiger partial charge in [-0.2, -0.15) is 5.26 Å². The first kappa shape index (κ1) is 14.3. The summed E-state index contributed by atoms with van der Waals surface area (Å²) >= 11 is 0. The number of benzene rings is 2. The molecule has 0 unspecified atom stereocenters. The van der Waals surface area contributed by atoms with Gasteiger partial charge in [0, 0.05) is 18.7 Å². The molecule has 0 saturated heterocycles. The van der Waals surface area contributed by atoms with Gasteiger partial charge < -0.3 is 10.1 Å². The van der Waals surface area contributed by atoms with E-state index in [0.717, 1.165) is 0 Å². The van der Waals surface area contributed by atoms with E-state index in [4.69, 9.17) is 10.00 Å². The minimum Gasteiger partial charge on any atom is -0.489 e. The van der Waals surface area contributed by atoms with E-state index >= 15 is 0 Å². The molecule has 0 bridgehead atoms. The molecule has 0 aliphatic rings. The van der Waals surface area contributed by atoms with E-state index in [9.17, 15) is 10.1 Å². The summed E-state index contributed by atoms with van der Waals surface area (Å²) in [6.45, 7) is 0.173. The van der Waals surface area contributed by atoms with Crippen LogP contribution in [0.1, 0.15) is 11.1 Å². The minimum atomic E-state index is -0.439. The zero-order chi connectivity index (χ0) is 15.2. The molecule has 1 N–H and O–H groups in total. The number of hydrogen-bond acceptors (Lipinski definition) is 5. The van der Waals surface area contributed by atoms with Gasteiger partial charge in [-0.15, -0.1) is 0 Å². The van der Waals surface area contributed by atoms with Crippen LogP contribution in [0.25, 0.3) is 0 Å². The smallest absolute Gasteiger partial charge is 0.292 e. The third kappa shape index (κ3) is 3.28. The second kappa shape index (κ2) is 6.39. The topological polar surface area (TPSA) is 88.2 Å². The zero-order valence-electron chi connectivity index (χ0n) is 11.4. The molecule has 0 amide bonds. The van der Waals surface area contributed by atoms with Gasteiger partial charge in [0.1, 0.15) is 18.0 Å². The van der Waals surface area contributed by atoms with Crippen molar-refractivity contribution in [3.8, 4) is 11.8 Å². The number of nitrogens with zero attached hydrogens (tertiary/aromatic N) is 2. The molecule has 0 heterocycles. The fourth-order valence-corrected chi connectivity index (χ4v) is 1.96. The van der Waals surface area contributed by atoms with Crippen LogP contribution in [0, 0.1) is 21.4 Å². The van der Waals surface area contributed by atoms with Gasteiger partial charge in [0.15, 0.2) is 0 Å². The van der Waals surface area contributed by atoms with Crippen LogP contribution in [0.4, 0.5) is 11.4 Å². The van der Waals surface area contributed by atoms with Crippen molar-refractivity contribution in [2.24, 2.45) is 0 Å². The Morgan fingerprint density at radius 2 is 2.10 bits per heavy atom. The maximum absolute atomic E-state index is 11.0. The lowest BCUT2D eigenvalue weighted by Crippen LogP contribution is -2.04. The largest absolute Gasteiger partial charge is 0.489 e. The lowest BCUT2D eigenvalue weighted by atomic mass is 10.1. The lowest BCUT2D eigenvalue weighted by Gasteiger charge is -2.11. The molecule has 0 radical (unpaired) electrons. The van der Waals surface area contributed by atoms with Crippen molar-refractivity contribution >= 4 is 11.4 Å². The SMILES string of the molecule is CNc1c(COc2cccc(C#N)c2)cccc1[N+](=O)[O-]. The van der Waals surface area contributed by atoms with Crippen LogP contribution in [0.2, 0.25) is 0 Å². The summed E-state index contributed by atoms with van der Waals surface area (Å²) < 4.78 is 5.60. The Labute approximate surface area is 121 Å². The van der Waals surface area contributed by atoms with Gasteiger partial charge in [-0.3, -0.25) is 10.1 Å². The Morgan fingerprint density at radius 3 is 2.76 bits per heavy atom. The predicted molar refractivity (Wildman–Crippen MR) is 78.1 cm³/mol. The highest BCUT2D eigenvalue weighted by molar-refractivity contribution is 5.66. The van der Waals surface area contributed by atoms with Crippen molar-refractivity contribution in [2.75, 3.05) is 12.4 Å². The highest BCUT2D eigenvalue weighted by atomic mass is 16.6. The van der Waals surface area contributed by atoms with Crippen molar-refractivity contribution in [3.63, 3.8) is 0 Å². The molecule has 2 aromatic rings. The third-order valence-corrected chi connectivity index (χ3v) is 2.93. The molecule has 6 nitrogen and oxygen atoms in total. The molecule has 0 aliphatic carbocycles. The van der Waals surface area contributed by atoms with E-state index in [2.05, 4.69) is 5.32 Å². The maximum Gasteiger partial charge on any atom is 0.292 e. The Kier molecular flexibility index (Phi) is 4.36. The van der Waals surface area contributed by atoms with Gasteiger partial charge in [0.2, 0.25) is 0 Å². The average molecular weight is 283 g/mol. The van der Waals surface area contributed by atoms with Crippen LogP contribution in [0.15, 0.2) is 42.5 Å². The molecular weight excluding hydrogens is 270 g/mol. The summed E-state index contributed by atoms with van der Waals surface area (Å²) in [5.41, 5.74) is 1.61. The first-order chi connectivity index (χ1) is 10.2. The molecule has 106 valence electrons. The van der Waals surface area contributed by atoms with E-state index in [-0.39, 0.29) is 12.3 Å². The van der Waals surface area contributed by atoms with Crippen LogP contribution in [0.3, 0.4) is 0 Å². The number of ether oxygens (including phenoxy) is 1. The van der Waals surface area contributed by atoms with Crippen molar-refractivity contribution in [3.05, 3.63) is 63.7 Å². The fourth-order valence-electron chi connectivity index (χ4n) is 1.96. The molecule has 21 heavy (non-hydrogen) atoms. The standard InChI is InChI=1S/C15H13N3O3/c1-17-15-12(5-3-7-14(15)18(19)20)10-21-13-6-2-4-11(8-13)9-16/h2-8,17H,10H2,1H3. The molecule has 0 saturated carbocycles. The molecule has 0 atom stereocenters. The van der Waals surface area contributed by atoms with Gasteiger partial charge in [-0.25, -0.2) is 0 Å². The first-order valence-electron chi connectivity index (χ1n) is 6.22. The number of rotatable bonds is 5. The lowest BCUT2D eigenvalue weighted by molar-refractivity contribution is -0.384. The second-order valence-electron chi connectivity index (χ2n) is 4.25. The Hall–Kier alpha value is -3.07. The minimum absolute atomic E-state index is 0.00405. The number of nitriles is 1. The zero-order valence-corrected chi connectivity index (χ0v) is 11.4. The van der Waals surface area contributed by atoms with Crippen LogP contribution >= 0.6 is 0 Å². The molecule has 6 heteroatoms. The summed E-state index contributed by atoms with van der Waals surface area (Å²) in [6.07, 6.45) is 0. The van der Waals surface area contributed by atoms with Crippen molar-refractivity contribution in [2.45, 2.75) is 6.61 Å². The van der Waals surface area contributed by atoms with E-state index in [1.165, 1.54) is 6.07 Å². The number of para-hydroxylation sites is 1. The molecule has 0 aromatic heterocycles. The maximum atomic E-state index is 11.0. The molecule has 2 aromatic carbocycles. The van der Waals surface area contributed by atoms with E-state index in [0.29, 0.717) is 22.6 Å². The third-order valence-electron chi connectivity index (χ3n) is 2.93. The first-order valence-corrected chi connectivity index (χ1v) is 6.22. The summed E-state index contributed by atoms with van der Waals surface area (Å²) in [4.78, 5) is 10.5. The normalized spacial score (nSPS) is 9.71. The Morgan fingerprint density at radius 1 is 1.33 bits per heavy atom. The van der Waals surface area contributed by atoms with Gasteiger partial charge in [0.05, 0.1) is 16.6 Å². The Bertz CT molecular complexity index is 708.